The van der Waals surface area contributed by atoms with E-state index in [-0.39, 0.29) is 18.0 Å². The predicted octanol–water partition coefficient (Wildman–Crippen LogP) is 2.47. The summed E-state index contributed by atoms with van der Waals surface area (Å²) in [5.41, 5.74) is 7.18. The molecule has 0 aromatic heterocycles. The minimum Gasteiger partial charge on any atom is -0.497 e. The number of ether oxygens (including phenoxy) is 1. The van der Waals surface area contributed by atoms with Gasteiger partial charge >= 0.3 is 0 Å². The van der Waals surface area contributed by atoms with Crippen LogP contribution in [0.3, 0.4) is 0 Å². The first-order chi connectivity index (χ1) is 9.08. The largest absolute Gasteiger partial charge is 0.497 e. The maximum absolute atomic E-state index is 12.0. The molecule has 0 radical (unpaired) electrons. The van der Waals surface area contributed by atoms with Gasteiger partial charge < -0.3 is 15.4 Å². The van der Waals surface area contributed by atoms with Gasteiger partial charge in [0.05, 0.1) is 13.2 Å². The van der Waals surface area contributed by atoms with Crippen LogP contribution >= 0.6 is 15.9 Å². The fourth-order valence-electron chi connectivity index (χ4n) is 2.60. The topological polar surface area (TPSA) is 55.6 Å². The Morgan fingerprint density at radius 1 is 1.53 bits per heavy atom. The molecule has 104 valence electrons. The second-order valence-electron chi connectivity index (χ2n) is 4.79. The Kier molecular flexibility index (Phi) is 4.47. The van der Waals surface area contributed by atoms with Gasteiger partial charge in [0.15, 0.2) is 0 Å². The highest BCUT2D eigenvalue weighted by Gasteiger charge is 2.39. The number of hydrogen-bond donors (Lipinski definition) is 1. The van der Waals surface area contributed by atoms with E-state index in [1.165, 1.54) is 0 Å². The maximum Gasteiger partial charge on any atom is 0.224 e. The molecule has 1 fully saturated rings. The van der Waals surface area contributed by atoms with E-state index >= 15 is 0 Å². The van der Waals surface area contributed by atoms with Crippen molar-refractivity contribution in [3.05, 3.63) is 28.2 Å². The standard InChI is InChI=1S/C14H19BrN2O2/c1-3-6-17-13(18)8-12(16)14(17)10-7-9(19-2)4-5-11(10)15/h4-5,7,12,14H,3,6,8,16H2,1-2H3. The summed E-state index contributed by atoms with van der Waals surface area (Å²) in [5.74, 6) is 0.912. The highest BCUT2D eigenvalue weighted by atomic mass is 79.9. The number of hydrogen-bond acceptors (Lipinski definition) is 3. The minimum atomic E-state index is -0.164. The Morgan fingerprint density at radius 3 is 2.89 bits per heavy atom. The van der Waals surface area contributed by atoms with Gasteiger partial charge in [-0.05, 0) is 30.2 Å². The number of nitrogens with two attached hydrogens (primary N) is 1. The van der Waals surface area contributed by atoms with Crippen LogP contribution in [0, 0.1) is 0 Å². The molecule has 2 atom stereocenters. The van der Waals surface area contributed by atoms with Crippen molar-refractivity contribution in [3.63, 3.8) is 0 Å². The third-order valence-electron chi connectivity index (χ3n) is 3.46. The molecule has 2 N–H and O–H groups in total. The van der Waals surface area contributed by atoms with Gasteiger partial charge in [0.2, 0.25) is 5.91 Å². The van der Waals surface area contributed by atoms with Crippen molar-refractivity contribution in [1.29, 1.82) is 0 Å². The number of rotatable bonds is 4. The average molecular weight is 327 g/mol. The minimum absolute atomic E-state index is 0.0723. The van der Waals surface area contributed by atoms with Crippen LogP contribution in [0.15, 0.2) is 22.7 Å². The van der Waals surface area contributed by atoms with Crippen molar-refractivity contribution in [2.24, 2.45) is 5.73 Å². The van der Waals surface area contributed by atoms with Crippen molar-refractivity contribution in [1.82, 2.24) is 4.90 Å². The molecule has 1 aliphatic rings. The first kappa shape index (κ1) is 14.3. The van der Waals surface area contributed by atoms with Gasteiger partial charge in [0.25, 0.3) is 0 Å². The summed E-state index contributed by atoms with van der Waals surface area (Å²) >= 11 is 3.55. The lowest BCUT2D eigenvalue weighted by Crippen LogP contribution is -2.33. The van der Waals surface area contributed by atoms with Crippen molar-refractivity contribution in [2.45, 2.75) is 31.8 Å². The van der Waals surface area contributed by atoms with Gasteiger partial charge in [0, 0.05) is 23.5 Å². The monoisotopic (exact) mass is 326 g/mol. The van der Waals surface area contributed by atoms with Gasteiger partial charge in [-0.15, -0.1) is 0 Å². The molecule has 0 aliphatic carbocycles. The van der Waals surface area contributed by atoms with E-state index in [1.54, 1.807) is 7.11 Å². The molecule has 5 heteroatoms. The zero-order valence-corrected chi connectivity index (χ0v) is 12.8. The summed E-state index contributed by atoms with van der Waals surface area (Å²) in [6, 6.07) is 5.54. The Labute approximate surface area is 122 Å². The zero-order valence-electron chi connectivity index (χ0n) is 11.2. The molecule has 1 amide bonds. The van der Waals surface area contributed by atoms with Gasteiger partial charge in [-0.1, -0.05) is 22.9 Å². The molecule has 0 bridgehead atoms. The molecule has 2 unspecified atom stereocenters. The zero-order chi connectivity index (χ0) is 14.0. The fourth-order valence-corrected chi connectivity index (χ4v) is 3.08. The highest BCUT2D eigenvalue weighted by molar-refractivity contribution is 9.10. The van der Waals surface area contributed by atoms with Gasteiger partial charge in [-0.25, -0.2) is 0 Å². The number of benzene rings is 1. The summed E-state index contributed by atoms with van der Waals surface area (Å²) in [6.45, 7) is 2.80. The normalized spacial score (nSPS) is 22.9. The number of methoxy groups -OCH3 is 1. The lowest BCUT2D eigenvalue weighted by Gasteiger charge is -2.28. The summed E-state index contributed by atoms with van der Waals surface area (Å²) in [4.78, 5) is 13.9. The van der Waals surface area contributed by atoms with E-state index in [0.717, 1.165) is 28.8 Å². The Morgan fingerprint density at radius 2 is 2.26 bits per heavy atom. The lowest BCUT2D eigenvalue weighted by atomic mass is 10.0. The molecule has 1 heterocycles. The smallest absolute Gasteiger partial charge is 0.224 e. The van der Waals surface area contributed by atoms with Crippen molar-refractivity contribution >= 4 is 21.8 Å². The maximum atomic E-state index is 12.0. The number of carbonyl (C=O) groups excluding carboxylic acids is 1. The second-order valence-corrected chi connectivity index (χ2v) is 5.64. The summed E-state index contributed by atoms with van der Waals surface area (Å²) in [7, 11) is 1.64. The van der Waals surface area contributed by atoms with Crippen molar-refractivity contribution in [2.75, 3.05) is 13.7 Å². The predicted molar refractivity (Wildman–Crippen MR) is 78.0 cm³/mol. The van der Waals surface area contributed by atoms with E-state index in [9.17, 15) is 4.79 Å². The number of likely N-dealkylation sites (tertiary alicyclic amines) is 1. The van der Waals surface area contributed by atoms with Crippen LogP contribution < -0.4 is 10.5 Å². The highest BCUT2D eigenvalue weighted by Crippen LogP contribution is 2.37. The molecule has 19 heavy (non-hydrogen) atoms. The van der Waals surface area contributed by atoms with E-state index in [0.29, 0.717) is 6.42 Å². The fraction of sp³-hybridized carbons (Fsp3) is 0.500. The Balaban J connectivity index is 2.40. The Hall–Kier alpha value is -1.07. The molecule has 0 saturated carbocycles. The summed E-state index contributed by atoms with van der Waals surface area (Å²) in [6.07, 6.45) is 1.34. The molecule has 0 spiro atoms. The molecular formula is C14H19BrN2O2. The molecule has 2 rings (SSSR count). The first-order valence-electron chi connectivity index (χ1n) is 6.47. The van der Waals surface area contributed by atoms with Gasteiger partial charge in [-0.3, -0.25) is 4.79 Å². The number of amides is 1. The van der Waals surface area contributed by atoms with Crippen LogP contribution in [0.5, 0.6) is 5.75 Å². The average Bonchev–Trinajstić information content (AvgIpc) is 2.66. The van der Waals surface area contributed by atoms with Crippen LogP contribution in [0.4, 0.5) is 0 Å². The van der Waals surface area contributed by atoms with E-state index in [4.69, 9.17) is 10.5 Å². The van der Waals surface area contributed by atoms with Crippen molar-refractivity contribution in [3.8, 4) is 5.75 Å². The number of carbonyl (C=O) groups is 1. The van der Waals surface area contributed by atoms with Crippen LogP contribution in [-0.4, -0.2) is 30.5 Å². The Bertz CT molecular complexity index is 479. The van der Waals surface area contributed by atoms with E-state index in [2.05, 4.69) is 22.9 Å². The molecule has 4 nitrogen and oxygen atoms in total. The number of nitrogens with zero attached hydrogens (tertiary/aromatic N) is 1. The van der Waals surface area contributed by atoms with Crippen LogP contribution in [0.2, 0.25) is 0 Å². The van der Waals surface area contributed by atoms with E-state index in [1.807, 2.05) is 23.1 Å². The van der Waals surface area contributed by atoms with Crippen LogP contribution in [0.25, 0.3) is 0 Å². The van der Waals surface area contributed by atoms with Gasteiger partial charge in [0.1, 0.15) is 5.75 Å². The molecule has 1 aliphatic heterocycles. The third kappa shape index (κ3) is 2.77. The van der Waals surface area contributed by atoms with Crippen LogP contribution in [-0.2, 0) is 4.79 Å². The second kappa shape index (κ2) is 5.92. The summed E-state index contributed by atoms with van der Waals surface area (Å²) in [5, 5.41) is 0. The van der Waals surface area contributed by atoms with E-state index < -0.39 is 0 Å². The molecule has 1 aromatic carbocycles. The van der Waals surface area contributed by atoms with Crippen molar-refractivity contribution < 1.29 is 9.53 Å². The SMILES string of the molecule is CCCN1C(=O)CC(N)C1c1cc(OC)ccc1Br. The van der Waals surface area contributed by atoms with Gasteiger partial charge in [-0.2, -0.15) is 0 Å². The quantitative estimate of drug-likeness (QED) is 0.924. The third-order valence-corrected chi connectivity index (χ3v) is 4.18. The molecule has 1 aromatic rings. The number of halogens is 1. The lowest BCUT2D eigenvalue weighted by molar-refractivity contribution is -0.129. The first-order valence-corrected chi connectivity index (χ1v) is 7.26. The molecule has 1 saturated heterocycles. The molecular weight excluding hydrogens is 308 g/mol. The summed E-state index contributed by atoms with van der Waals surface area (Å²) < 4.78 is 6.22. The van der Waals surface area contributed by atoms with Crippen LogP contribution in [0.1, 0.15) is 31.4 Å².